The molecule has 0 amide bonds. The molecule has 0 saturated heterocycles. The van der Waals surface area contributed by atoms with Crippen molar-refractivity contribution in [1.29, 1.82) is 0 Å². The minimum atomic E-state index is -0.906. The summed E-state index contributed by atoms with van der Waals surface area (Å²) in [5.74, 6) is -0.906. The predicted octanol–water partition coefficient (Wildman–Crippen LogP) is 3.59. The molecule has 1 aromatic heterocycles. The molecule has 4 heteroatoms. The van der Waals surface area contributed by atoms with Crippen LogP contribution in [0.2, 0.25) is 5.02 Å². The van der Waals surface area contributed by atoms with E-state index < -0.39 is 5.97 Å². The fourth-order valence-electron chi connectivity index (χ4n) is 2.56. The largest absolute Gasteiger partial charge is 0.477 e. The zero-order chi connectivity index (χ0) is 11.9. The van der Waals surface area contributed by atoms with E-state index in [4.69, 9.17) is 16.7 Å². The molecule has 1 saturated carbocycles. The summed E-state index contributed by atoms with van der Waals surface area (Å²) in [6.07, 6.45) is 4.90. The van der Waals surface area contributed by atoms with E-state index >= 15 is 0 Å². The van der Waals surface area contributed by atoms with E-state index in [1.807, 2.05) is 4.57 Å². The van der Waals surface area contributed by atoms with E-state index in [0.29, 0.717) is 16.1 Å². The molecule has 88 valence electrons. The summed E-state index contributed by atoms with van der Waals surface area (Å²) >= 11 is 5.87. The molecule has 1 aliphatic carbocycles. The maximum atomic E-state index is 11.1. The number of hydrogen-bond donors (Lipinski definition) is 1. The summed E-state index contributed by atoms with van der Waals surface area (Å²) in [5, 5.41) is 9.59. The van der Waals surface area contributed by atoms with Crippen LogP contribution in [0.1, 0.15) is 49.6 Å². The van der Waals surface area contributed by atoms with Crippen molar-refractivity contribution in [3.05, 3.63) is 23.0 Å². The van der Waals surface area contributed by atoms with Gasteiger partial charge in [-0.2, -0.15) is 0 Å². The van der Waals surface area contributed by atoms with Crippen LogP contribution in [0.3, 0.4) is 0 Å². The molecule has 1 fully saturated rings. The van der Waals surface area contributed by atoms with Crippen LogP contribution in [0, 0.1) is 5.41 Å². The molecule has 1 heterocycles. The first kappa shape index (κ1) is 11.5. The molecule has 0 spiro atoms. The van der Waals surface area contributed by atoms with Crippen molar-refractivity contribution in [3.63, 3.8) is 0 Å². The maximum absolute atomic E-state index is 11.1. The number of halogens is 1. The third-order valence-corrected chi connectivity index (χ3v) is 3.58. The van der Waals surface area contributed by atoms with E-state index in [2.05, 4.69) is 13.8 Å². The zero-order valence-electron chi connectivity index (χ0n) is 9.53. The molecule has 1 unspecified atom stereocenters. The molecule has 16 heavy (non-hydrogen) atoms. The Morgan fingerprint density at radius 2 is 2.31 bits per heavy atom. The molecule has 0 bridgehead atoms. The van der Waals surface area contributed by atoms with Gasteiger partial charge in [0, 0.05) is 12.2 Å². The standard InChI is InChI=1S/C12H16ClNO2/c1-12(2)4-3-9(6-12)14-7-8(13)5-10(14)11(15)16/h5,7,9H,3-4,6H2,1-2H3,(H,15,16). The van der Waals surface area contributed by atoms with Crippen molar-refractivity contribution in [2.24, 2.45) is 5.41 Å². The SMILES string of the molecule is CC1(C)CCC(n2cc(Cl)cc2C(=O)O)C1. The molecule has 0 radical (unpaired) electrons. The van der Waals surface area contributed by atoms with Crippen molar-refractivity contribution in [2.75, 3.05) is 0 Å². The quantitative estimate of drug-likeness (QED) is 0.860. The first-order chi connectivity index (χ1) is 7.39. The number of hydrogen-bond acceptors (Lipinski definition) is 1. The van der Waals surface area contributed by atoms with Gasteiger partial charge in [0.05, 0.1) is 5.02 Å². The highest BCUT2D eigenvalue weighted by molar-refractivity contribution is 6.30. The van der Waals surface area contributed by atoms with E-state index in [1.165, 1.54) is 6.07 Å². The van der Waals surface area contributed by atoms with Gasteiger partial charge in [0.1, 0.15) is 5.69 Å². The number of nitrogens with zero attached hydrogens (tertiary/aromatic N) is 1. The Morgan fingerprint density at radius 3 is 2.81 bits per heavy atom. The van der Waals surface area contributed by atoms with Gasteiger partial charge in [0.15, 0.2) is 0 Å². The highest BCUT2D eigenvalue weighted by Crippen LogP contribution is 2.44. The van der Waals surface area contributed by atoms with E-state index in [9.17, 15) is 4.79 Å². The molecule has 3 nitrogen and oxygen atoms in total. The van der Waals surface area contributed by atoms with Gasteiger partial charge in [-0.15, -0.1) is 0 Å². The molecule has 1 atom stereocenters. The Hall–Kier alpha value is -0.960. The Balaban J connectivity index is 2.31. The zero-order valence-corrected chi connectivity index (χ0v) is 10.3. The second-order valence-electron chi connectivity index (χ2n) is 5.32. The van der Waals surface area contributed by atoms with E-state index in [0.717, 1.165) is 19.3 Å². The fraction of sp³-hybridized carbons (Fsp3) is 0.583. The molecule has 0 aliphatic heterocycles. The third kappa shape index (κ3) is 2.09. The molecular weight excluding hydrogens is 226 g/mol. The monoisotopic (exact) mass is 241 g/mol. The highest BCUT2D eigenvalue weighted by atomic mass is 35.5. The smallest absolute Gasteiger partial charge is 0.352 e. The number of aromatic nitrogens is 1. The Bertz CT molecular complexity index is 423. The van der Waals surface area contributed by atoms with Crippen molar-refractivity contribution in [2.45, 2.75) is 39.2 Å². The van der Waals surface area contributed by atoms with Crippen LogP contribution in [0.15, 0.2) is 12.3 Å². The predicted molar refractivity (Wildman–Crippen MR) is 63.1 cm³/mol. The lowest BCUT2D eigenvalue weighted by molar-refractivity contribution is 0.0682. The normalized spacial score (nSPS) is 23.6. The average molecular weight is 242 g/mol. The van der Waals surface area contributed by atoms with Gasteiger partial charge in [-0.05, 0) is 30.7 Å². The average Bonchev–Trinajstić information content (AvgIpc) is 2.68. The number of carbonyl (C=O) groups is 1. The van der Waals surface area contributed by atoms with Crippen LogP contribution in [0.4, 0.5) is 0 Å². The Morgan fingerprint density at radius 1 is 1.62 bits per heavy atom. The second kappa shape index (κ2) is 3.81. The van der Waals surface area contributed by atoms with Crippen molar-refractivity contribution in [3.8, 4) is 0 Å². The summed E-state index contributed by atoms with van der Waals surface area (Å²) in [4.78, 5) is 11.1. The van der Waals surface area contributed by atoms with Gasteiger partial charge >= 0.3 is 5.97 Å². The van der Waals surface area contributed by atoms with Crippen molar-refractivity contribution < 1.29 is 9.90 Å². The molecule has 1 aromatic rings. The molecule has 1 aliphatic rings. The summed E-state index contributed by atoms with van der Waals surface area (Å²) in [6, 6.07) is 1.79. The summed E-state index contributed by atoms with van der Waals surface area (Å²) in [7, 11) is 0. The molecular formula is C12H16ClNO2. The summed E-state index contributed by atoms with van der Waals surface area (Å²) in [6.45, 7) is 4.44. The minimum absolute atomic E-state index is 0.272. The van der Waals surface area contributed by atoms with Crippen molar-refractivity contribution >= 4 is 17.6 Å². The van der Waals surface area contributed by atoms with Gasteiger partial charge in [-0.3, -0.25) is 0 Å². The second-order valence-corrected chi connectivity index (χ2v) is 5.75. The summed E-state index contributed by atoms with van der Waals surface area (Å²) < 4.78 is 1.82. The molecule has 0 aromatic carbocycles. The number of carboxylic acid groups (broad SMARTS) is 1. The Kier molecular flexibility index (Phi) is 2.74. The maximum Gasteiger partial charge on any atom is 0.352 e. The van der Waals surface area contributed by atoms with E-state index in [-0.39, 0.29) is 6.04 Å². The highest BCUT2D eigenvalue weighted by Gasteiger charge is 2.33. The summed E-state index contributed by atoms with van der Waals surface area (Å²) in [5.41, 5.74) is 0.602. The number of rotatable bonds is 2. The topological polar surface area (TPSA) is 42.2 Å². The van der Waals surface area contributed by atoms with Crippen LogP contribution in [0.5, 0.6) is 0 Å². The van der Waals surface area contributed by atoms with Crippen molar-refractivity contribution in [1.82, 2.24) is 4.57 Å². The van der Waals surface area contributed by atoms with Gasteiger partial charge in [0.2, 0.25) is 0 Å². The van der Waals surface area contributed by atoms with E-state index in [1.54, 1.807) is 6.20 Å². The lowest BCUT2D eigenvalue weighted by Crippen LogP contribution is -2.13. The lowest BCUT2D eigenvalue weighted by Gasteiger charge is -2.19. The van der Waals surface area contributed by atoms with Crippen LogP contribution in [-0.2, 0) is 0 Å². The Labute approximate surface area is 100 Å². The fourth-order valence-corrected chi connectivity index (χ4v) is 2.76. The van der Waals surface area contributed by atoms with Gasteiger partial charge in [-0.25, -0.2) is 4.79 Å². The number of carboxylic acids is 1. The van der Waals surface area contributed by atoms with Crippen LogP contribution in [0.25, 0.3) is 0 Å². The van der Waals surface area contributed by atoms with Crippen LogP contribution < -0.4 is 0 Å². The molecule has 1 N–H and O–H groups in total. The first-order valence-electron chi connectivity index (χ1n) is 5.50. The van der Waals surface area contributed by atoms with Gasteiger partial charge < -0.3 is 9.67 Å². The first-order valence-corrected chi connectivity index (χ1v) is 5.87. The molecule has 2 rings (SSSR count). The van der Waals surface area contributed by atoms with Crippen LogP contribution >= 0.6 is 11.6 Å². The number of aromatic carboxylic acids is 1. The minimum Gasteiger partial charge on any atom is -0.477 e. The van der Waals surface area contributed by atoms with Gasteiger partial charge in [0.25, 0.3) is 0 Å². The van der Waals surface area contributed by atoms with Gasteiger partial charge in [-0.1, -0.05) is 25.4 Å². The lowest BCUT2D eigenvalue weighted by atomic mass is 9.92. The van der Waals surface area contributed by atoms with Crippen LogP contribution in [-0.4, -0.2) is 15.6 Å². The third-order valence-electron chi connectivity index (χ3n) is 3.37.